The van der Waals surface area contributed by atoms with Gasteiger partial charge in [-0.2, -0.15) is 5.10 Å². The lowest BCUT2D eigenvalue weighted by atomic mass is 10.2. The minimum absolute atomic E-state index is 0.104. The quantitative estimate of drug-likeness (QED) is 0.644. The number of rotatable bonds is 4. The molecule has 0 aliphatic heterocycles. The van der Waals surface area contributed by atoms with Gasteiger partial charge in [0.15, 0.2) is 0 Å². The number of halogens is 2. The highest BCUT2D eigenvalue weighted by atomic mass is 32.1. The summed E-state index contributed by atoms with van der Waals surface area (Å²) in [5.41, 5.74) is 1.82. The van der Waals surface area contributed by atoms with E-state index < -0.39 is 17.7 Å². The zero-order valence-corrected chi connectivity index (χ0v) is 13.5. The first kappa shape index (κ1) is 16.1. The molecule has 1 aromatic carbocycles. The van der Waals surface area contributed by atoms with Crippen LogP contribution in [-0.2, 0) is 6.42 Å². The molecule has 124 valence electrons. The lowest BCUT2D eigenvalue weighted by Crippen LogP contribution is -2.21. The highest BCUT2D eigenvalue weighted by Gasteiger charge is 2.17. The molecule has 5 nitrogen and oxygen atoms in total. The molecule has 3 aromatic rings. The van der Waals surface area contributed by atoms with E-state index in [1.807, 2.05) is 24.4 Å². The van der Waals surface area contributed by atoms with Gasteiger partial charge in [0.1, 0.15) is 17.3 Å². The first-order chi connectivity index (χ1) is 11.6. The van der Waals surface area contributed by atoms with E-state index >= 15 is 0 Å². The summed E-state index contributed by atoms with van der Waals surface area (Å²) in [6, 6.07) is 6.10. The van der Waals surface area contributed by atoms with Crippen LogP contribution in [0.25, 0.3) is 10.6 Å². The molecule has 0 fully saturated rings. The van der Waals surface area contributed by atoms with Crippen LogP contribution in [0.1, 0.15) is 12.6 Å². The van der Waals surface area contributed by atoms with E-state index in [1.165, 1.54) is 17.4 Å². The van der Waals surface area contributed by atoms with Gasteiger partial charge in [0.25, 0.3) is 0 Å². The maximum Gasteiger partial charge on any atom is 0.323 e. The molecule has 2 aromatic heterocycles. The van der Waals surface area contributed by atoms with E-state index in [0.717, 1.165) is 16.6 Å². The van der Waals surface area contributed by atoms with Gasteiger partial charge < -0.3 is 10.6 Å². The molecule has 24 heavy (non-hydrogen) atoms. The van der Waals surface area contributed by atoms with Crippen LogP contribution >= 0.6 is 11.3 Å². The number of amides is 2. The van der Waals surface area contributed by atoms with Crippen LogP contribution in [0.3, 0.4) is 0 Å². The summed E-state index contributed by atoms with van der Waals surface area (Å²) in [5, 5.41) is 14.1. The Balaban J connectivity index is 1.82. The molecule has 0 saturated carbocycles. The van der Waals surface area contributed by atoms with Crippen molar-refractivity contribution in [2.75, 3.05) is 10.6 Å². The van der Waals surface area contributed by atoms with E-state index in [4.69, 9.17) is 0 Å². The van der Waals surface area contributed by atoms with Crippen molar-refractivity contribution in [2.45, 2.75) is 13.3 Å². The summed E-state index contributed by atoms with van der Waals surface area (Å²) in [6.07, 6.45) is 0.638. The number of nitrogens with zero attached hydrogens (tertiary/aromatic N) is 1. The Morgan fingerprint density at radius 2 is 2.12 bits per heavy atom. The standard InChI is InChI=1S/C16H14F2N4OS/c1-2-11-14(15(22-21-11)13-4-3-7-24-13)20-16(23)19-12-6-5-9(17)8-10(12)18/h3-8H,2H2,1H3,(H,21,22)(H2,19,20,23). The maximum atomic E-state index is 13.6. The maximum absolute atomic E-state index is 13.6. The molecule has 0 aliphatic rings. The number of hydrogen-bond acceptors (Lipinski definition) is 3. The van der Waals surface area contributed by atoms with Gasteiger partial charge >= 0.3 is 6.03 Å². The number of aryl methyl sites for hydroxylation is 1. The van der Waals surface area contributed by atoms with E-state index in [-0.39, 0.29) is 5.69 Å². The van der Waals surface area contributed by atoms with Gasteiger partial charge in [-0.15, -0.1) is 11.3 Å². The Labute approximate surface area is 140 Å². The van der Waals surface area contributed by atoms with Crippen molar-refractivity contribution in [1.29, 1.82) is 0 Å². The van der Waals surface area contributed by atoms with Gasteiger partial charge in [-0.05, 0) is 30.0 Å². The van der Waals surface area contributed by atoms with Crippen molar-refractivity contribution < 1.29 is 13.6 Å². The Bertz CT molecular complexity index is 861. The fourth-order valence-corrected chi connectivity index (χ4v) is 2.94. The predicted molar refractivity (Wildman–Crippen MR) is 90.3 cm³/mol. The summed E-state index contributed by atoms with van der Waals surface area (Å²) < 4.78 is 26.6. The zero-order chi connectivity index (χ0) is 17.1. The molecular weight excluding hydrogens is 334 g/mol. The number of nitrogens with one attached hydrogen (secondary N) is 3. The highest BCUT2D eigenvalue weighted by molar-refractivity contribution is 7.13. The summed E-state index contributed by atoms with van der Waals surface area (Å²) in [4.78, 5) is 13.1. The van der Waals surface area contributed by atoms with Crippen molar-refractivity contribution in [2.24, 2.45) is 0 Å². The Hall–Kier alpha value is -2.74. The average Bonchev–Trinajstić information content (AvgIpc) is 3.19. The average molecular weight is 348 g/mol. The van der Waals surface area contributed by atoms with Crippen LogP contribution in [0, 0.1) is 11.6 Å². The van der Waals surface area contributed by atoms with Gasteiger partial charge in [0.2, 0.25) is 0 Å². The van der Waals surface area contributed by atoms with Crippen molar-refractivity contribution in [3.63, 3.8) is 0 Å². The molecule has 0 bridgehead atoms. The van der Waals surface area contributed by atoms with E-state index in [9.17, 15) is 13.6 Å². The third-order valence-corrected chi connectivity index (χ3v) is 4.24. The second-order valence-electron chi connectivity index (χ2n) is 4.96. The normalized spacial score (nSPS) is 10.6. The van der Waals surface area contributed by atoms with E-state index in [2.05, 4.69) is 20.8 Å². The second kappa shape index (κ2) is 6.79. The van der Waals surface area contributed by atoms with Crippen LogP contribution in [0.4, 0.5) is 25.0 Å². The van der Waals surface area contributed by atoms with E-state index in [1.54, 1.807) is 0 Å². The Morgan fingerprint density at radius 3 is 2.79 bits per heavy atom. The predicted octanol–water partition coefficient (Wildman–Crippen LogP) is 4.62. The number of benzene rings is 1. The van der Waals surface area contributed by atoms with Gasteiger partial charge in [-0.25, -0.2) is 13.6 Å². The lowest BCUT2D eigenvalue weighted by molar-refractivity contribution is 0.262. The first-order valence-corrected chi connectivity index (χ1v) is 8.10. The summed E-state index contributed by atoms with van der Waals surface area (Å²) in [6.45, 7) is 1.93. The second-order valence-corrected chi connectivity index (χ2v) is 5.91. The molecule has 0 aliphatic carbocycles. The summed E-state index contributed by atoms with van der Waals surface area (Å²) >= 11 is 1.49. The molecule has 0 atom stereocenters. The number of H-pyrrole nitrogens is 1. The van der Waals surface area contributed by atoms with Gasteiger partial charge in [0.05, 0.1) is 21.9 Å². The smallest absolute Gasteiger partial charge is 0.305 e. The number of hydrogen-bond donors (Lipinski definition) is 3. The number of aromatic nitrogens is 2. The fraction of sp³-hybridized carbons (Fsp3) is 0.125. The van der Waals surface area contributed by atoms with Crippen LogP contribution in [0.2, 0.25) is 0 Å². The third-order valence-electron chi connectivity index (χ3n) is 3.37. The largest absolute Gasteiger partial charge is 0.323 e. The van der Waals surface area contributed by atoms with Crippen molar-refractivity contribution in [1.82, 2.24) is 10.2 Å². The molecule has 0 saturated heterocycles. The van der Waals surface area contributed by atoms with Crippen LogP contribution in [0.15, 0.2) is 35.7 Å². The highest BCUT2D eigenvalue weighted by Crippen LogP contribution is 2.32. The minimum Gasteiger partial charge on any atom is -0.305 e. The monoisotopic (exact) mass is 348 g/mol. The topological polar surface area (TPSA) is 69.8 Å². The summed E-state index contributed by atoms with van der Waals surface area (Å²) in [7, 11) is 0. The SMILES string of the molecule is CCc1[nH]nc(-c2cccs2)c1NC(=O)Nc1ccc(F)cc1F. The number of urea groups is 1. The van der Waals surface area contributed by atoms with Crippen molar-refractivity contribution >= 4 is 28.7 Å². The summed E-state index contributed by atoms with van der Waals surface area (Å²) in [5.74, 6) is -1.55. The zero-order valence-electron chi connectivity index (χ0n) is 12.7. The van der Waals surface area contributed by atoms with Gasteiger partial charge in [-0.3, -0.25) is 5.10 Å². The van der Waals surface area contributed by atoms with Crippen molar-refractivity contribution in [3.05, 3.63) is 53.0 Å². The first-order valence-electron chi connectivity index (χ1n) is 7.22. The lowest BCUT2D eigenvalue weighted by Gasteiger charge is -2.09. The molecule has 3 rings (SSSR count). The molecule has 0 unspecified atom stereocenters. The Kier molecular flexibility index (Phi) is 4.57. The molecular formula is C16H14F2N4OS. The molecule has 0 spiro atoms. The van der Waals surface area contributed by atoms with Crippen LogP contribution in [0.5, 0.6) is 0 Å². The molecule has 3 N–H and O–H groups in total. The molecule has 8 heteroatoms. The van der Waals surface area contributed by atoms with Crippen molar-refractivity contribution in [3.8, 4) is 10.6 Å². The molecule has 2 heterocycles. The molecule has 0 radical (unpaired) electrons. The number of carbonyl (C=O) groups excluding carboxylic acids is 1. The number of aromatic amines is 1. The Morgan fingerprint density at radius 1 is 1.29 bits per heavy atom. The van der Waals surface area contributed by atoms with Gasteiger partial charge in [0, 0.05) is 6.07 Å². The number of carbonyl (C=O) groups is 1. The minimum atomic E-state index is -0.841. The number of anilines is 2. The molecule has 2 amide bonds. The van der Waals surface area contributed by atoms with Gasteiger partial charge in [-0.1, -0.05) is 13.0 Å². The third kappa shape index (κ3) is 3.28. The van der Waals surface area contributed by atoms with Crippen LogP contribution < -0.4 is 10.6 Å². The van der Waals surface area contributed by atoms with Crippen LogP contribution in [-0.4, -0.2) is 16.2 Å². The fourth-order valence-electron chi connectivity index (χ4n) is 2.22. The number of thiophene rings is 1. The van der Waals surface area contributed by atoms with E-state index in [0.29, 0.717) is 23.9 Å².